The number of nitrogens with one attached hydrogen (secondary N) is 3. The Labute approximate surface area is 184 Å². The Kier molecular flexibility index (Phi) is 5.18. The van der Waals surface area contributed by atoms with Crippen molar-refractivity contribution in [1.29, 1.82) is 0 Å². The lowest BCUT2D eigenvalue weighted by Crippen LogP contribution is -2.19. The Morgan fingerprint density at radius 1 is 1.25 bits per heavy atom. The molecule has 2 fully saturated rings. The average Bonchev–Trinajstić information content (AvgIpc) is 3.42. The molecule has 0 unspecified atom stereocenters. The van der Waals surface area contributed by atoms with Gasteiger partial charge in [0.2, 0.25) is 17.8 Å². The van der Waals surface area contributed by atoms with Gasteiger partial charge in [-0.3, -0.25) is 14.9 Å². The van der Waals surface area contributed by atoms with E-state index >= 15 is 0 Å². The van der Waals surface area contributed by atoms with Crippen molar-refractivity contribution in [3.05, 3.63) is 47.2 Å². The first kappa shape index (κ1) is 20.0. The van der Waals surface area contributed by atoms with Crippen molar-refractivity contribution < 1.29 is 14.3 Å². The van der Waals surface area contributed by atoms with Crippen LogP contribution in [-0.4, -0.2) is 44.0 Å². The molecule has 2 aromatic heterocycles. The molecule has 1 aliphatic heterocycles. The molecule has 0 bridgehead atoms. The molecule has 1 saturated heterocycles. The summed E-state index contributed by atoms with van der Waals surface area (Å²) in [5.41, 5.74) is 2.57. The molecule has 164 valence electrons. The second kappa shape index (κ2) is 8.29. The van der Waals surface area contributed by atoms with Crippen LogP contribution >= 0.6 is 0 Å². The quantitative estimate of drug-likeness (QED) is 0.365. The highest BCUT2D eigenvalue weighted by Crippen LogP contribution is 2.26. The van der Waals surface area contributed by atoms with Gasteiger partial charge in [-0.25, -0.2) is 0 Å². The molecule has 1 aliphatic carbocycles. The number of ether oxygens (including phenoxy) is 1. The van der Waals surface area contributed by atoms with Gasteiger partial charge in [-0.15, -0.1) is 0 Å². The van der Waals surface area contributed by atoms with E-state index in [0.717, 1.165) is 24.2 Å². The normalized spacial score (nSPS) is 17.1. The van der Waals surface area contributed by atoms with Gasteiger partial charge in [0.15, 0.2) is 5.65 Å². The van der Waals surface area contributed by atoms with Gasteiger partial charge in [-0.1, -0.05) is 18.2 Å². The molecular weight excluding hydrogens is 410 g/mol. The second-order valence-corrected chi connectivity index (χ2v) is 7.74. The zero-order valence-electron chi connectivity index (χ0n) is 17.6. The number of carbonyl (C=O) groups is 2. The Balaban J connectivity index is 1.48. The second-order valence-electron chi connectivity index (χ2n) is 7.74. The lowest BCUT2D eigenvalue weighted by atomic mass is 10.1. The molecule has 3 N–H and O–H groups in total. The maximum absolute atomic E-state index is 12.0. The van der Waals surface area contributed by atoms with E-state index in [9.17, 15) is 9.59 Å². The topological polar surface area (TPSA) is 123 Å². The third-order valence-corrected chi connectivity index (χ3v) is 5.24. The summed E-state index contributed by atoms with van der Waals surface area (Å²) in [4.78, 5) is 32.8. The van der Waals surface area contributed by atoms with Crippen LogP contribution in [-0.2, 0) is 16.1 Å². The van der Waals surface area contributed by atoms with E-state index in [4.69, 9.17) is 4.74 Å². The molecule has 32 heavy (non-hydrogen) atoms. The first-order valence-electron chi connectivity index (χ1n) is 10.6. The fraction of sp³-hybridized carbons (Fsp3) is 0.318. The van der Waals surface area contributed by atoms with Gasteiger partial charge in [0.25, 0.3) is 5.91 Å². The molecule has 0 atom stereocenters. The molecule has 3 heterocycles. The SMILES string of the molecule is CCOc1ccccc1CNc1nc(NC2CC2)n2ncc(/C=C3\CC(=O)NC3=O)c2n1. The highest BCUT2D eigenvalue weighted by atomic mass is 16.5. The molecule has 5 rings (SSSR count). The number of fused-ring (bicyclic) bond motifs is 1. The number of rotatable bonds is 8. The Bertz CT molecular complexity index is 1230. The first-order chi connectivity index (χ1) is 15.6. The first-order valence-corrected chi connectivity index (χ1v) is 10.6. The van der Waals surface area contributed by atoms with Gasteiger partial charge in [0.05, 0.1) is 19.2 Å². The van der Waals surface area contributed by atoms with Crippen LogP contribution in [0.4, 0.5) is 11.9 Å². The van der Waals surface area contributed by atoms with Crippen LogP contribution in [0.2, 0.25) is 0 Å². The van der Waals surface area contributed by atoms with E-state index in [-0.39, 0.29) is 18.2 Å². The summed E-state index contributed by atoms with van der Waals surface area (Å²) in [7, 11) is 0. The summed E-state index contributed by atoms with van der Waals surface area (Å²) < 4.78 is 7.32. The number of amides is 2. The maximum Gasteiger partial charge on any atom is 0.254 e. The Morgan fingerprint density at radius 3 is 2.84 bits per heavy atom. The van der Waals surface area contributed by atoms with Crippen molar-refractivity contribution in [2.24, 2.45) is 0 Å². The standard InChI is InChI=1S/C22H23N7O3/c1-2-32-17-6-4-3-5-13(17)11-23-21-27-19-15(9-14-10-18(30)26-20(14)31)12-24-29(19)22(28-21)25-16-7-8-16/h3-6,9,12,16H,2,7-8,10-11H2,1H3,(H,26,30,31)(H2,23,25,27,28)/b14-9+. The predicted molar refractivity (Wildman–Crippen MR) is 118 cm³/mol. The number of anilines is 2. The zero-order valence-corrected chi connectivity index (χ0v) is 17.6. The summed E-state index contributed by atoms with van der Waals surface area (Å²) in [6, 6.07) is 8.18. The molecule has 2 aliphatic rings. The third kappa shape index (κ3) is 4.11. The lowest BCUT2D eigenvalue weighted by Gasteiger charge is -2.12. The summed E-state index contributed by atoms with van der Waals surface area (Å²) in [6.07, 6.45) is 5.49. The van der Waals surface area contributed by atoms with Gasteiger partial charge >= 0.3 is 0 Å². The molecule has 10 nitrogen and oxygen atoms in total. The number of imide groups is 1. The minimum Gasteiger partial charge on any atom is -0.494 e. The van der Waals surface area contributed by atoms with E-state index < -0.39 is 0 Å². The number of aromatic nitrogens is 4. The highest BCUT2D eigenvalue weighted by molar-refractivity contribution is 6.15. The minimum atomic E-state index is -0.384. The van der Waals surface area contributed by atoms with Crippen LogP contribution in [0.1, 0.15) is 37.3 Å². The van der Waals surface area contributed by atoms with Crippen molar-refractivity contribution in [3.8, 4) is 5.75 Å². The van der Waals surface area contributed by atoms with E-state index in [2.05, 4.69) is 31.0 Å². The number of nitrogens with zero attached hydrogens (tertiary/aromatic N) is 4. The predicted octanol–water partition coefficient (Wildman–Crippen LogP) is 2.14. The monoisotopic (exact) mass is 433 g/mol. The smallest absolute Gasteiger partial charge is 0.254 e. The maximum atomic E-state index is 12.0. The average molecular weight is 433 g/mol. The largest absolute Gasteiger partial charge is 0.494 e. The van der Waals surface area contributed by atoms with Crippen molar-refractivity contribution in [2.75, 3.05) is 17.2 Å². The van der Waals surface area contributed by atoms with Crippen molar-refractivity contribution in [3.63, 3.8) is 0 Å². The zero-order chi connectivity index (χ0) is 22.1. The van der Waals surface area contributed by atoms with Crippen molar-refractivity contribution >= 4 is 35.4 Å². The van der Waals surface area contributed by atoms with Crippen LogP contribution < -0.4 is 20.7 Å². The van der Waals surface area contributed by atoms with Gasteiger partial charge in [-0.05, 0) is 31.9 Å². The molecule has 10 heteroatoms. The summed E-state index contributed by atoms with van der Waals surface area (Å²) in [5, 5.41) is 13.4. The number of hydrogen-bond acceptors (Lipinski definition) is 8. The van der Waals surface area contributed by atoms with Gasteiger partial charge < -0.3 is 15.4 Å². The molecule has 1 aromatic carbocycles. The molecule has 1 saturated carbocycles. The number of hydrogen-bond donors (Lipinski definition) is 3. The van der Waals surface area contributed by atoms with E-state index in [1.165, 1.54) is 0 Å². The molecule has 0 radical (unpaired) electrons. The van der Waals surface area contributed by atoms with Gasteiger partial charge in [-0.2, -0.15) is 19.6 Å². The van der Waals surface area contributed by atoms with Crippen LogP contribution in [0.15, 0.2) is 36.0 Å². The number of benzene rings is 1. The van der Waals surface area contributed by atoms with Crippen molar-refractivity contribution in [1.82, 2.24) is 24.9 Å². The van der Waals surface area contributed by atoms with Crippen molar-refractivity contribution in [2.45, 2.75) is 38.8 Å². The summed E-state index contributed by atoms with van der Waals surface area (Å²) in [6.45, 7) is 3.01. The number of para-hydroxylation sites is 1. The molecule has 3 aromatic rings. The third-order valence-electron chi connectivity index (χ3n) is 5.24. The molecular formula is C22H23N7O3. The van der Waals surface area contributed by atoms with Crippen LogP contribution in [0.25, 0.3) is 11.7 Å². The van der Waals surface area contributed by atoms with Crippen LogP contribution in [0.3, 0.4) is 0 Å². The Hall–Kier alpha value is -3.95. The van der Waals surface area contributed by atoms with E-state index in [1.54, 1.807) is 16.8 Å². The van der Waals surface area contributed by atoms with Crippen LogP contribution in [0, 0.1) is 0 Å². The van der Waals surface area contributed by atoms with Gasteiger partial charge in [0.1, 0.15) is 5.75 Å². The van der Waals surface area contributed by atoms with Crippen LogP contribution in [0.5, 0.6) is 5.75 Å². The highest BCUT2D eigenvalue weighted by Gasteiger charge is 2.26. The van der Waals surface area contributed by atoms with Gasteiger partial charge in [0, 0.05) is 29.3 Å². The Morgan fingerprint density at radius 2 is 2.09 bits per heavy atom. The molecule has 2 amide bonds. The molecule has 0 spiro atoms. The minimum absolute atomic E-state index is 0.0494. The number of carbonyl (C=O) groups excluding carboxylic acids is 2. The fourth-order valence-corrected chi connectivity index (χ4v) is 3.51. The summed E-state index contributed by atoms with van der Waals surface area (Å²) >= 11 is 0. The lowest BCUT2D eigenvalue weighted by molar-refractivity contribution is -0.124. The van der Waals surface area contributed by atoms with E-state index in [1.807, 2.05) is 31.2 Å². The van der Waals surface area contributed by atoms with E-state index in [0.29, 0.717) is 47.9 Å². The summed E-state index contributed by atoms with van der Waals surface area (Å²) in [5.74, 6) is 1.13. The fourth-order valence-electron chi connectivity index (χ4n) is 3.51.